The first-order chi connectivity index (χ1) is 8.79. The molecule has 0 unspecified atom stereocenters. The average Bonchev–Trinajstić information content (AvgIpc) is 2.26. The Hall–Kier alpha value is -1.83. The van der Waals surface area contributed by atoms with Crippen molar-refractivity contribution < 1.29 is 36.9 Å². The summed E-state index contributed by atoms with van der Waals surface area (Å²) in [6, 6.07) is 3.05. The van der Waals surface area contributed by atoms with Gasteiger partial charge in [-0.1, -0.05) is 0 Å². The summed E-state index contributed by atoms with van der Waals surface area (Å²) in [5.74, 6) is -2.39. The van der Waals surface area contributed by atoms with Gasteiger partial charge in [0.05, 0.1) is 12.2 Å². The topological polar surface area (TPSA) is 55.8 Å². The predicted molar refractivity (Wildman–Crippen MR) is 55.7 cm³/mol. The first kappa shape index (κ1) is 15.2. The summed E-state index contributed by atoms with van der Waals surface area (Å²) in [4.78, 5) is 10.5. The summed E-state index contributed by atoms with van der Waals surface area (Å²) < 4.78 is 57.5. The van der Waals surface area contributed by atoms with Gasteiger partial charge in [0, 0.05) is 6.07 Å². The maximum atomic E-state index is 13.2. The van der Waals surface area contributed by atoms with Crippen molar-refractivity contribution in [2.45, 2.75) is 6.18 Å². The number of ether oxygens (including phenoxy) is 2. The molecule has 8 heteroatoms. The normalized spacial score (nSPS) is 11.4. The Labute approximate surface area is 105 Å². The predicted octanol–water partition coefficient (Wildman–Crippen LogP) is 2.48. The molecule has 0 fully saturated rings. The molecule has 0 aliphatic rings. The Kier molecular flexibility index (Phi) is 5.11. The Morgan fingerprint density at radius 3 is 2.47 bits per heavy atom. The van der Waals surface area contributed by atoms with Crippen LogP contribution in [-0.2, 0) is 4.74 Å². The number of rotatable bonds is 6. The van der Waals surface area contributed by atoms with Gasteiger partial charge in [-0.2, -0.15) is 13.2 Å². The fourth-order valence-corrected chi connectivity index (χ4v) is 1.17. The van der Waals surface area contributed by atoms with E-state index in [0.29, 0.717) is 0 Å². The van der Waals surface area contributed by atoms with Crippen molar-refractivity contribution >= 4 is 5.97 Å². The molecule has 4 nitrogen and oxygen atoms in total. The van der Waals surface area contributed by atoms with E-state index in [-0.39, 0.29) is 19.0 Å². The highest BCUT2D eigenvalue weighted by atomic mass is 19.4. The second kappa shape index (κ2) is 6.37. The van der Waals surface area contributed by atoms with Crippen molar-refractivity contribution in [3.8, 4) is 5.75 Å². The van der Waals surface area contributed by atoms with E-state index in [1.54, 1.807) is 0 Å². The third-order valence-electron chi connectivity index (χ3n) is 1.93. The van der Waals surface area contributed by atoms with Gasteiger partial charge >= 0.3 is 12.1 Å². The van der Waals surface area contributed by atoms with E-state index in [4.69, 9.17) is 9.84 Å². The molecule has 0 radical (unpaired) electrons. The van der Waals surface area contributed by atoms with Gasteiger partial charge < -0.3 is 14.6 Å². The van der Waals surface area contributed by atoms with Crippen LogP contribution in [0, 0.1) is 5.82 Å². The summed E-state index contributed by atoms with van der Waals surface area (Å²) in [5, 5.41) is 8.57. The van der Waals surface area contributed by atoms with Gasteiger partial charge in [-0.3, -0.25) is 0 Å². The van der Waals surface area contributed by atoms with Crippen LogP contribution >= 0.6 is 0 Å². The number of aromatic carboxylic acids is 1. The lowest BCUT2D eigenvalue weighted by Gasteiger charge is -2.09. The lowest BCUT2D eigenvalue weighted by Crippen LogP contribution is -2.19. The SMILES string of the molecule is O=C(O)c1ccc(OCCOCC(F)(F)F)cc1F. The van der Waals surface area contributed by atoms with Gasteiger partial charge in [-0.25, -0.2) is 9.18 Å². The molecule has 0 aromatic heterocycles. The fraction of sp³-hybridized carbons (Fsp3) is 0.364. The first-order valence-corrected chi connectivity index (χ1v) is 5.10. The number of alkyl halides is 3. The average molecular weight is 282 g/mol. The van der Waals surface area contributed by atoms with Crippen molar-refractivity contribution in [2.75, 3.05) is 19.8 Å². The Balaban J connectivity index is 2.38. The van der Waals surface area contributed by atoms with Crippen LogP contribution in [0.15, 0.2) is 18.2 Å². The number of hydrogen-bond acceptors (Lipinski definition) is 3. The molecule has 1 N–H and O–H groups in total. The standard InChI is InChI=1S/C11H10F4O4/c12-9-5-7(1-2-8(9)10(16)17)19-4-3-18-6-11(13,14)15/h1-2,5H,3-4,6H2,(H,16,17). The second-order valence-electron chi connectivity index (χ2n) is 3.46. The van der Waals surface area contributed by atoms with Crippen LogP contribution in [0.25, 0.3) is 0 Å². The lowest BCUT2D eigenvalue weighted by atomic mass is 10.2. The molecular weight excluding hydrogens is 272 g/mol. The van der Waals surface area contributed by atoms with Crippen molar-refractivity contribution in [1.82, 2.24) is 0 Å². The molecule has 19 heavy (non-hydrogen) atoms. The van der Waals surface area contributed by atoms with E-state index in [9.17, 15) is 22.4 Å². The van der Waals surface area contributed by atoms with Crippen LogP contribution in [0.1, 0.15) is 10.4 Å². The molecule has 0 saturated carbocycles. The molecule has 0 atom stereocenters. The number of carboxylic acid groups (broad SMARTS) is 1. The highest BCUT2D eigenvalue weighted by Crippen LogP contribution is 2.17. The molecule has 1 aromatic carbocycles. The van der Waals surface area contributed by atoms with Crippen LogP contribution in [0.3, 0.4) is 0 Å². The van der Waals surface area contributed by atoms with Crippen molar-refractivity contribution in [2.24, 2.45) is 0 Å². The van der Waals surface area contributed by atoms with E-state index < -0.39 is 30.1 Å². The molecule has 0 amide bonds. The smallest absolute Gasteiger partial charge is 0.411 e. The summed E-state index contributed by atoms with van der Waals surface area (Å²) in [5.41, 5.74) is -0.513. The third kappa shape index (κ3) is 5.56. The Morgan fingerprint density at radius 2 is 1.95 bits per heavy atom. The molecular formula is C11H10F4O4. The van der Waals surface area contributed by atoms with Gasteiger partial charge in [-0.15, -0.1) is 0 Å². The Bertz CT molecular complexity index is 445. The van der Waals surface area contributed by atoms with E-state index in [1.165, 1.54) is 6.07 Å². The van der Waals surface area contributed by atoms with Gasteiger partial charge in [-0.05, 0) is 12.1 Å². The summed E-state index contributed by atoms with van der Waals surface area (Å²) in [7, 11) is 0. The van der Waals surface area contributed by atoms with E-state index >= 15 is 0 Å². The molecule has 106 valence electrons. The third-order valence-corrected chi connectivity index (χ3v) is 1.93. The second-order valence-corrected chi connectivity index (χ2v) is 3.46. The zero-order chi connectivity index (χ0) is 14.5. The number of benzene rings is 1. The van der Waals surface area contributed by atoms with Crippen LogP contribution in [0.4, 0.5) is 17.6 Å². The minimum Gasteiger partial charge on any atom is -0.491 e. The maximum Gasteiger partial charge on any atom is 0.411 e. The summed E-state index contributed by atoms with van der Waals surface area (Å²) >= 11 is 0. The number of carboxylic acids is 1. The highest BCUT2D eigenvalue weighted by Gasteiger charge is 2.27. The summed E-state index contributed by atoms with van der Waals surface area (Å²) in [6.07, 6.45) is -4.41. The molecule has 1 aromatic rings. The summed E-state index contributed by atoms with van der Waals surface area (Å²) in [6.45, 7) is -1.91. The van der Waals surface area contributed by atoms with Gasteiger partial charge in [0.2, 0.25) is 0 Å². The highest BCUT2D eigenvalue weighted by molar-refractivity contribution is 5.88. The first-order valence-electron chi connectivity index (χ1n) is 5.10. The molecule has 0 spiro atoms. The monoisotopic (exact) mass is 282 g/mol. The van der Waals surface area contributed by atoms with Crippen molar-refractivity contribution in [3.05, 3.63) is 29.6 Å². The molecule has 0 saturated heterocycles. The molecule has 0 bridgehead atoms. The van der Waals surface area contributed by atoms with Crippen molar-refractivity contribution in [1.29, 1.82) is 0 Å². The molecule has 0 aliphatic carbocycles. The minimum atomic E-state index is -4.41. The number of hydrogen-bond donors (Lipinski definition) is 1. The number of halogens is 4. The van der Waals surface area contributed by atoms with E-state index in [0.717, 1.165) is 12.1 Å². The largest absolute Gasteiger partial charge is 0.491 e. The molecule has 0 heterocycles. The fourth-order valence-electron chi connectivity index (χ4n) is 1.17. The van der Waals surface area contributed by atoms with Crippen LogP contribution in [-0.4, -0.2) is 37.1 Å². The molecule has 1 rings (SSSR count). The zero-order valence-corrected chi connectivity index (χ0v) is 9.54. The van der Waals surface area contributed by atoms with Crippen LogP contribution in [0.2, 0.25) is 0 Å². The van der Waals surface area contributed by atoms with Crippen LogP contribution in [0.5, 0.6) is 5.75 Å². The van der Waals surface area contributed by atoms with Gasteiger partial charge in [0.15, 0.2) is 0 Å². The van der Waals surface area contributed by atoms with E-state index in [1.807, 2.05) is 0 Å². The minimum absolute atomic E-state index is 0.0121. The Morgan fingerprint density at radius 1 is 1.26 bits per heavy atom. The zero-order valence-electron chi connectivity index (χ0n) is 9.54. The van der Waals surface area contributed by atoms with E-state index in [2.05, 4.69) is 4.74 Å². The van der Waals surface area contributed by atoms with Crippen LogP contribution < -0.4 is 4.74 Å². The van der Waals surface area contributed by atoms with Crippen molar-refractivity contribution in [3.63, 3.8) is 0 Å². The lowest BCUT2D eigenvalue weighted by molar-refractivity contribution is -0.175. The van der Waals surface area contributed by atoms with Gasteiger partial charge in [0.25, 0.3) is 0 Å². The number of carbonyl (C=O) groups is 1. The van der Waals surface area contributed by atoms with Gasteiger partial charge in [0.1, 0.15) is 24.8 Å². The molecule has 0 aliphatic heterocycles. The quantitative estimate of drug-likeness (QED) is 0.643. The maximum absolute atomic E-state index is 13.2.